The van der Waals surface area contributed by atoms with Crippen LogP contribution in [0.15, 0.2) is 60.8 Å². The number of carbonyl (C=O) groups is 1. The predicted molar refractivity (Wildman–Crippen MR) is 108 cm³/mol. The number of hydrogen-bond acceptors (Lipinski definition) is 4. The number of carbonyl (C=O) groups excluding carboxylic acids is 1. The second-order valence-corrected chi connectivity index (χ2v) is 6.21. The number of rotatable bonds is 4. The first-order valence-corrected chi connectivity index (χ1v) is 8.52. The Morgan fingerprint density at radius 3 is 2.62 bits per heavy atom. The zero-order chi connectivity index (χ0) is 17.1. The molecule has 0 aliphatic carbocycles. The molecule has 0 bridgehead atoms. The first kappa shape index (κ1) is 18.2. The van der Waals surface area contributed by atoms with Gasteiger partial charge in [-0.1, -0.05) is 18.2 Å². The summed E-state index contributed by atoms with van der Waals surface area (Å²) in [7, 11) is 0. The number of aromatic nitrogens is 1. The lowest BCUT2D eigenvalue weighted by Crippen LogP contribution is -2.22. The second kappa shape index (κ2) is 8.17. The van der Waals surface area contributed by atoms with E-state index in [-0.39, 0.29) is 18.3 Å². The van der Waals surface area contributed by atoms with Gasteiger partial charge in [0, 0.05) is 35.4 Å². The third-order valence-corrected chi connectivity index (χ3v) is 4.47. The standard InChI is InChI=1S/C20H20N4O.ClH/c25-20(14-5-2-1-3-6-14)24-18-9-8-17(23-15-10-12-21-13-15)16-7-4-11-22-19(16)18;/h1-9,11,15,21,23H,10,12-13H2,(H,24,25);1H. The molecule has 1 unspecified atom stereocenters. The second-order valence-electron chi connectivity index (χ2n) is 6.21. The normalized spacial score (nSPS) is 16.1. The van der Waals surface area contributed by atoms with Crippen molar-refractivity contribution >= 4 is 40.6 Å². The van der Waals surface area contributed by atoms with Gasteiger partial charge in [0.25, 0.3) is 5.91 Å². The van der Waals surface area contributed by atoms with Crippen LogP contribution in [-0.2, 0) is 0 Å². The predicted octanol–water partition coefficient (Wildman–Crippen LogP) is 3.68. The fourth-order valence-corrected chi connectivity index (χ4v) is 3.18. The highest BCUT2D eigenvalue weighted by Gasteiger charge is 2.16. The summed E-state index contributed by atoms with van der Waals surface area (Å²) in [6, 6.07) is 17.5. The van der Waals surface area contributed by atoms with Gasteiger partial charge in [-0.3, -0.25) is 9.78 Å². The molecule has 3 aromatic rings. The Morgan fingerprint density at radius 2 is 1.85 bits per heavy atom. The molecule has 6 heteroatoms. The number of fused-ring (bicyclic) bond motifs is 1. The molecule has 26 heavy (non-hydrogen) atoms. The van der Waals surface area contributed by atoms with Gasteiger partial charge in [-0.15, -0.1) is 12.4 Å². The van der Waals surface area contributed by atoms with Crippen LogP contribution in [0.3, 0.4) is 0 Å². The minimum Gasteiger partial charge on any atom is -0.380 e. The van der Waals surface area contributed by atoms with Crippen molar-refractivity contribution in [1.82, 2.24) is 10.3 Å². The largest absolute Gasteiger partial charge is 0.380 e. The van der Waals surface area contributed by atoms with E-state index in [1.807, 2.05) is 42.5 Å². The molecule has 1 saturated heterocycles. The van der Waals surface area contributed by atoms with E-state index in [1.165, 1.54) is 0 Å². The van der Waals surface area contributed by atoms with Crippen molar-refractivity contribution in [2.24, 2.45) is 0 Å². The third kappa shape index (κ3) is 3.79. The summed E-state index contributed by atoms with van der Waals surface area (Å²) in [6.45, 7) is 2.01. The van der Waals surface area contributed by atoms with Crippen molar-refractivity contribution in [1.29, 1.82) is 0 Å². The molecule has 3 N–H and O–H groups in total. The molecule has 1 amide bonds. The van der Waals surface area contributed by atoms with Crippen molar-refractivity contribution in [3.63, 3.8) is 0 Å². The molecule has 0 spiro atoms. The Balaban J connectivity index is 0.00000196. The van der Waals surface area contributed by atoms with Crippen LogP contribution in [0.4, 0.5) is 11.4 Å². The molecule has 0 radical (unpaired) electrons. The Bertz CT molecular complexity index is 895. The maximum atomic E-state index is 12.5. The highest BCUT2D eigenvalue weighted by Crippen LogP contribution is 2.29. The maximum Gasteiger partial charge on any atom is 0.255 e. The molecule has 0 saturated carbocycles. The van der Waals surface area contributed by atoms with E-state index in [0.717, 1.165) is 41.8 Å². The van der Waals surface area contributed by atoms with Crippen molar-refractivity contribution in [3.8, 4) is 0 Å². The van der Waals surface area contributed by atoms with Gasteiger partial charge >= 0.3 is 0 Å². The molecule has 1 aromatic heterocycles. The van der Waals surface area contributed by atoms with E-state index in [0.29, 0.717) is 11.6 Å². The fraction of sp³-hybridized carbons (Fsp3) is 0.200. The first-order chi connectivity index (χ1) is 12.3. The minimum atomic E-state index is -0.131. The van der Waals surface area contributed by atoms with E-state index in [1.54, 1.807) is 18.3 Å². The Labute approximate surface area is 158 Å². The maximum absolute atomic E-state index is 12.5. The van der Waals surface area contributed by atoms with Gasteiger partial charge in [0.15, 0.2) is 0 Å². The Morgan fingerprint density at radius 1 is 1.04 bits per heavy atom. The topological polar surface area (TPSA) is 66.1 Å². The molecular weight excluding hydrogens is 348 g/mol. The van der Waals surface area contributed by atoms with Gasteiger partial charge < -0.3 is 16.0 Å². The summed E-state index contributed by atoms with van der Waals surface area (Å²) < 4.78 is 0. The molecule has 1 aliphatic rings. The minimum absolute atomic E-state index is 0. The summed E-state index contributed by atoms with van der Waals surface area (Å²) in [5, 5.41) is 10.9. The number of pyridine rings is 1. The Hall–Kier alpha value is -2.63. The van der Waals surface area contributed by atoms with Crippen molar-refractivity contribution < 1.29 is 4.79 Å². The zero-order valence-electron chi connectivity index (χ0n) is 14.2. The van der Waals surface area contributed by atoms with Gasteiger partial charge in [0.05, 0.1) is 11.2 Å². The molecular formula is C20H21ClN4O. The SMILES string of the molecule is Cl.O=C(Nc1ccc(NC2CCNC2)c2cccnc12)c1ccccc1. The smallest absolute Gasteiger partial charge is 0.255 e. The third-order valence-electron chi connectivity index (χ3n) is 4.47. The lowest BCUT2D eigenvalue weighted by Gasteiger charge is -2.16. The number of halogens is 1. The van der Waals surface area contributed by atoms with Gasteiger partial charge in [0.1, 0.15) is 0 Å². The number of amides is 1. The molecule has 2 heterocycles. The monoisotopic (exact) mass is 368 g/mol. The summed E-state index contributed by atoms with van der Waals surface area (Å²) in [6.07, 6.45) is 2.86. The van der Waals surface area contributed by atoms with Crippen LogP contribution in [0, 0.1) is 0 Å². The van der Waals surface area contributed by atoms with E-state index < -0.39 is 0 Å². The van der Waals surface area contributed by atoms with Gasteiger partial charge in [0.2, 0.25) is 0 Å². The number of nitrogens with zero attached hydrogens (tertiary/aromatic N) is 1. The highest BCUT2D eigenvalue weighted by molar-refractivity contribution is 6.10. The molecule has 1 fully saturated rings. The quantitative estimate of drug-likeness (QED) is 0.657. The summed E-state index contributed by atoms with van der Waals surface area (Å²) >= 11 is 0. The number of nitrogens with one attached hydrogen (secondary N) is 3. The van der Waals surface area contributed by atoms with Crippen LogP contribution in [-0.4, -0.2) is 30.0 Å². The van der Waals surface area contributed by atoms with Crippen LogP contribution in [0.2, 0.25) is 0 Å². The van der Waals surface area contributed by atoms with E-state index in [4.69, 9.17) is 0 Å². The molecule has 5 nitrogen and oxygen atoms in total. The van der Waals surface area contributed by atoms with E-state index in [2.05, 4.69) is 20.9 Å². The van der Waals surface area contributed by atoms with Crippen LogP contribution in [0.5, 0.6) is 0 Å². The van der Waals surface area contributed by atoms with Crippen molar-refractivity contribution in [2.75, 3.05) is 23.7 Å². The summed E-state index contributed by atoms with van der Waals surface area (Å²) in [4.78, 5) is 17.0. The lowest BCUT2D eigenvalue weighted by molar-refractivity contribution is 0.102. The van der Waals surface area contributed by atoms with Crippen LogP contribution in [0.1, 0.15) is 16.8 Å². The number of benzene rings is 2. The average Bonchev–Trinajstić information content (AvgIpc) is 3.17. The molecule has 4 rings (SSSR count). The molecule has 134 valence electrons. The summed E-state index contributed by atoms with van der Waals surface area (Å²) in [5.74, 6) is -0.131. The van der Waals surface area contributed by atoms with Gasteiger partial charge in [-0.25, -0.2) is 0 Å². The average molecular weight is 369 g/mol. The summed E-state index contributed by atoms with van der Waals surface area (Å²) in [5.41, 5.74) is 3.20. The number of anilines is 2. The molecule has 1 aliphatic heterocycles. The van der Waals surface area contributed by atoms with Crippen molar-refractivity contribution in [2.45, 2.75) is 12.5 Å². The molecule has 2 aromatic carbocycles. The first-order valence-electron chi connectivity index (χ1n) is 8.52. The zero-order valence-corrected chi connectivity index (χ0v) is 15.1. The van der Waals surface area contributed by atoms with Crippen molar-refractivity contribution in [3.05, 3.63) is 66.4 Å². The number of hydrogen-bond donors (Lipinski definition) is 3. The van der Waals surface area contributed by atoms with Gasteiger partial charge in [-0.2, -0.15) is 0 Å². The molecule has 1 atom stereocenters. The van der Waals surface area contributed by atoms with Crippen LogP contribution >= 0.6 is 12.4 Å². The van der Waals surface area contributed by atoms with E-state index in [9.17, 15) is 4.79 Å². The Kier molecular flexibility index (Phi) is 5.71. The fourth-order valence-electron chi connectivity index (χ4n) is 3.18. The van der Waals surface area contributed by atoms with Crippen LogP contribution in [0.25, 0.3) is 10.9 Å². The van der Waals surface area contributed by atoms with Crippen LogP contribution < -0.4 is 16.0 Å². The van der Waals surface area contributed by atoms with Gasteiger partial charge in [-0.05, 0) is 49.4 Å². The lowest BCUT2D eigenvalue weighted by atomic mass is 10.1. The van der Waals surface area contributed by atoms with E-state index >= 15 is 0 Å². The highest BCUT2D eigenvalue weighted by atomic mass is 35.5.